The molecule has 9 heavy (non-hydrogen) atoms. The molecule has 0 aliphatic carbocycles. The van der Waals surface area contributed by atoms with E-state index in [2.05, 4.69) is 18.8 Å². The molecule has 1 nitrogen and oxygen atoms in total. The van der Waals surface area contributed by atoms with Crippen molar-refractivity contribution in [1.29, 1.82) is 0 Å². The van der Waals surface area contributed by atoms with Crippen LogP contribution in [0, 0.1) is 5.92 Å². The van der Waals surface area contributed by atoms with E-state index in [4.69, 9.17) is 23.2 Å². The topological polar surface area (TPSA) is 12.4 Å². The predicted molar refractivity (Wildman–Crippen MR) is 43.7 cm³/mol. The van der Waals surface area contributed by atoms with Gasteiger partial charge in [0.25, 0.3) is 0 Å². The van der Waals surface area contributed by atoms with Crippen LogP contribution in [-0.4, -0.2) is 17.6 Å². The molecule has 3 heteroatoms. The number of hydrogen-bond donors (Lipinski definition) is 0. The molecule has 54 valence electrons. The van der Waals surface area contributed by atoms with Gasteiger partial charge in [0.1, 0.15) is 0 Å². The third-order valence-electron chi connectivity index (χ3n) is 1.18. The van der Waals surface area contributed by atoms with E-state index in [0.717, 1.165) is 0 Å². The molecule has 0 fully saturated rings. The molecule has 0 spiro atoms. The summed E-state index contributed by atoms with van der Waals surface area (Å²) in [6.07, 6.45) is 0. The fourth-order valence-electron chi connectivity index (χ4n) is 0.463. The Kier molecular flexibility index (Phi) is 5.21. The van der Waals surface area contributed by atoms with Crippen LogP contribution < -0.4 is 0 Å². The van der Waals surface area contributed by atoms with Crippen molar-refractivity contribution in [2.75, 3.05) is 5.88 Å². The van der Waals surface area contributed by atoms with Crippen molar-refractivity contribution in [2.45, 2.75) is 19.9 Å². The van der Waals surface area contributed by atoms with Crippen LogP contribution in [0.4, 0.5) is 0 Å². The highest BCUT2D eigenvalue weighted by Gasteiger charge is 2.07. The molecule has 0 amide bonds. The standard InChI is InChI=1S/C6H11Cl2N/c1-5(2)6(3-7)9-4-8/h4-6H,3H2,1-2H3/t6-/m1/s1. The van der Waals surface area contributed by atoms with Gasteiger partial charge in [0.15, 0.2) is 0 Å². The van der Waals surface area contributed by atoms with Gasteiger partial charge in [-0.25, -0.2) is 0 Å². The maximum absolute atomic E-state index is 5.57. The highest BCUT2D eigenvalue weighted by molar-refractivity contribution is 6.56. The van der Waals surface area contributed by atoms with Crippen LogP contribution in [-0.2, 0) is 0 Å². The molecule has 0 bridgehead atoms. The monoisotopic (exact) mass is 167 g/mol. The van der Waals surface area contributed by atoms with Gasteiger partial charge in [-0.05, 0) is 5.92 Å². The fourth-order valence-corrected chi connectivity index (χ4v) is 1.04. The van der Waals surface area contributed by atoms with Crippen molar-refractivity contribution in [3.05, 3.63) is 0 Å². The largest absolute Gasteiger partial charge is 0.276 e. The van der Waals surface area contributed by atoms with Crippen LogP contribution in [0.5, 0.6) is 0 Å². The Balaban J connectivity index is 3.68. The minimum absolute atomic E-state index is 0.171. The van der Waals surface area contributed by atoms with Crippen LogP contribution in [0.2, 0.25) is 0 Å². The number of aliphatic imine (C=N–C) groups is 1. The van der Waals surface area contributed by atoms with Gasteiger partial charge < -0.3 is 0 Å². The summed E-state index contributed by atoms with van der Waals surface area (Å²) in [6, 6.07) is 0.171. The molecule has 0 saturated heterocycles. The summed E-state index contributed by atoms with van der Waals surface area (Å²) < 4.78 is 0. The molecule has 0 aromatic carbocycles. The highest BCUT2D eigenvalue weighted by Crippen LogP contribution is 2.07. The fraction of sp³-hybridized carbons (Fsp3) is 0.833. The van der Waals surface area contributed by atoms with Crippen molar-refractivity contribution in [1.82, 2.24) is 0 Å². The molecule has 0 rings (SSSR count). The lowest BCUT2D eigenvalue weighted by atomic mass is 10.1. The van der Waals surface area contributed by atoms with E-state index in [-0.39, 0.29) is 6.04 Å². The lowest BCUT2D eigenvalue weighted by Gasteiger charge is -2.10. The molecule has 0 saturated carbocycles. The van der Waals surface area contributed by atoms with Crippen molar-refractivity contribution in [2.24, 2.45) is 10.9 Å². The zero-order valence-electron chi connectivity index (χ0n) is 5.64. The molecular weight excluding hydrogens is 157 g/mol. The normalized spacial score (nSPS) is 15.2. The van der Waals surface area contributed by atoms with Gasteiger partial charge in [-0.3, -0.25) is 4.99 Å². The number of halogens is 2. The van der Waals surface area contributed by atoms with E-state index < -0.39 is 0 Å². The Morgan fingerprint density at radius 2 is 2.11 bits per heavy atom. The molecule has 0 radical (unpaired) electrons. The van der Waals surface area contributed by atoms with Crippen LogP contribution in [0.3, 0.4) is 0 Å². The van der Waals surface area contributed by atoms with Crippen molar-refractivity contribution >= 4 is 28.9 Å². The minimum atomic E-state index is 0.171. The Bertz CT molecular complexity index is 91.1. The van der Waals surface area contributed by atoms with Gasteiger partial charge in [0.05, 0.1) is 11.7 Å². The summed E-state index contributed by atoms with van der Waals surface area (Å²) in [5.41, 5.74) is 1.28. The minimum Gasteiger partial charge on any atom is -0.276 e. The molecule has 0 heterocycles. The quantitative estimate of drug-likeness (QED) is 0.453. The van der Waals surface area contributed by atoms with Gasteiger partial charge in [-0.1, -0.05) is 25.4 Å². The Hall–Kier alpha value is 0.250. The molecule has 0 N–H and O–H groups in total. The maximum Gasteiger partial charge on any atom is 0.0875 e. The number of nitrogens with zero attached hydrogens (tertiary/aromatic N) is 1. The molecule has 0 aliphatic heterocycles. The molecule has 0 unspecified atom stereocenters. The van der Waals surface area contributed by atoms with E-state index in [9.17, 15) is 0 Å². The second-order valence-corrected chi connectivity index (χ2v) is 2.72. The van der Waals surface area contributed by atoms with Gasteiger partial charge in [0.2, 0.25) is 0 Å². The zero-order valence-corrected chi connectivity index (χ0v) is 7.15. The Morgan fingerprint density at radius 3 is 2.22 bits per heavy atom. The van der Waals surface area contributed by atoms with E-state index in [1.165, 1.54) is 5.67 Å². The number of rotatable bonds is 3. The van der Waals surface area contributed by atoms with Crippen molar-refractivity contribution < 1.29 is 0 Å². The molecule has 0 aliphatic rings. The van der Waals surface area contributed by atoms with Gasteiger partial charge >= 0.3 is 0 Å². The summed E-state index contributed by atoms with van der Waals surface area (Å²) in [4.78, 5) is 3.95. The first-order valence-electron chi connectivity index (χ1n) is 2.90. The van der Waals surface area contributed by atoms with Crippen LogP contribution >= 0.6 is 23.2 Å². The SMILES string of the molecule is CC(C)[C@@H](CCl)N=CCl. The predicted octanol–water partition coefficient (Wildman–Crippen LogP) is 2.52. The smallest absolute Gasteiger partial charge is 0.0875 e. The number of alkyl halides is 1. The zero-order chi connectivity index (χ0) is 7.28. The third-order valence-corrected chi connectivity index (χ3v) is 1.60. The van der Waals surface area contributed by atoms with E-state index in [1.807, 2.05) is 0 Å². The lowest BCUT2D eigenvalue weighted by Crippen LogP contribution is -2.13. The van der Waals surface area contributed by atoms with E-state index in [1.54, 1.807) is 0 Å². The molecular formula is C6H11Cl2N. The summed E-state index contributed by atoms with van der Waals surface area (Å²) in [6.45, 7) is 4.13. The molecule has 0 aromatic rings. The van der Waals surface area contributed by atoms with Crippen LogP contribution in [0.1, 0.15) is 13.8 Å². The van der Waals surface area contributed by atoms with E-state index >= 15 is 0 Å². The van der Waals surface area contributed by atoms with Gasteiger partial charge in [-0.15, -0.1) is 11.6 Å². The molecule has 1 atom stereocenters. The summed E-state index contributed by atoms with van der Waals surface area (Å²) in [7, 11) is 0. The average molecular weight is 168 g/mol. The Labute approximate surface area is 66.1 Å². The highest BCUT2D eigenvalue weighted by atomic mass is 35.5. The van der Waals surface area contributed by atoms with Crippen molar-refractivity contribution in [3.63, 3.8) is 0 Å². The van der Waals surface area contributed by atoms with Crippen molar-refractivity contribution in [3.8, 4) is 0 Å². The molecule has 0 aromatic heterocycles. The van der Waals surface area contributed by atoms with Crippen LogP contribution in [0.15, 0.2) is 4.99 Å². The number of hydrogen-bond acceptors (Lipinski definition) is 1. The van der Waals surface area contributed by atoms with Gasteiger partial charge in [-0.2, -0.15) is 0 Å². The third kappa shape index (κ3) is 3.77. The Morgan fingerprint density at radius 1 is 1.56 bits per heavy atom. The second kappa shape index (κ2) is 5.07. The first kappa shape index (κ1) is 9.25. The summed E-state index contributed by atoms with van der Waals surface area (Å²) in [5, 5.41) is 0. The lowest BCUT2D eigenvalue weighted by molar-refractivity contribution is 0.538. The van der Waals surface area contributed by atoms with E-state index in [0.29, 0.717) is 11.8 Å². The average Bonchev–Trinajstić information content (AvgIpc) is 1.82. The summed E-state index contributed by atoms with van der Waals surface area (Å²) >= 11 is 10.8. The first-order valence-corrected chi connectivity index (χ1v) is 3.87. The first-order chi connectivity index (χ1) is 4.22. The van der Waals surface area contributed by atoms with Crippen LogP contribution in [0.25, 0.3) is 0 Å². The van der Waals surface area contributed by atoms with Gasteiger partial charge in [0, 0.05) is 5.88 Å². The second-order valence-electron chi connectivity index (χ2n) is 2.21. The summed E-state index contributed by atoms with van der Waals surface area (Å²) in [5.74, 6) is 1.01. The maximum atomic E-state index is 5.57.